The van der Waals surface area contributed by atoms with Crippen LogP contribution in [0.2, 0.25) is 0 Å². The maximum absolute atomic E-state index is 5.32. The van der Waals surface area contributed by atoms with Crippen LogP contribution in [0.1, 0.15) is 26.7 Å². The lowest BCUT2D eigenvalue weighted by Crippen LogP contribution is -2.64. The zero-order chi connectivity index (χ0) is 9.47. The van der Waals surface area contributed by atoms with E-state index in [-0.39, 0.29) is 0 Å². The summed E-state index contributed by atoms with van der Waals surface area (Å²) in [7, 11) is 1.84. The highest BCUT2D eigenvalue weighted by molar-refractivity contribution is 5.04. The molecule has 1 aliphatic carbocycles. The first-order valence-corrected chi connectivity index (χ1v) is 5.39. The summed E-state index contributed by atoms with van der Waals surface area (Å²) < 4.78 is 5.32. The molecule has 76 valence electrons. The van der Waals surface area contributed by atoms with Crippen molar-refractivity contribution in [2.45, 2.75) is 32.8 Å². The van der Waals surface area contributed by atoms with Crippen molar-refractivity contribution in [1.82, 2.24) is 4.90 Å². The third-order valence-corrected chi connectivity index (χ3v) is 3.40. The Bertz CT molecular complexity index is 177. The molecule has 0 bridgehead atoms. The molecule has 2 rings (SSSR count). The number of hydrogen-bond acceptors (Lipinski definition) is 2. The van der Waals surface area contributed by atoms with Gasteiger partial charge in [-0.25, -0.2) is 0 Å². The Kier molecular flexibility index (Phi) is 2.37. The SMILES string of the molecule is COC1CC2(C1)CN(CC(C)C)C2. The topological polar surface area (TPSA) is 12.5 Å². The molecular weight excluding hydrogens is 162 g/mol. The molecular formula is C11H21NO. The second-order valence-electron chi connectivity index (χ2n) is 5.33. The molecule has 0 radical (unpaired) electrons. The molecule has 0 atom stereocenters. The summed E-state index contributed by atoms with van der Waals surface area (Å²) in [6.45, 7) is 8.52. The number of nitrogens with zero attached hydrogens (tertiary/aromatic N) is 1. The Hall–Kier alpha value is -0.0800. The Morgan fingerprint density at radius 1 is 1.38 bits per heavy atom. The van der Waals surface area contributed by atoms with E-state index in [1.54, 1.807) is 0 Å². The van der Waals surface area contributed by atoms with Crippen molar-refractivity contribution in [3.8, 4) is 0 Å². The van der Waals surface area contributed by atoms with E-state index < -0.39 is 0 Å². The normalized spacial score (nSPS) is 27.7. The molecule has 2 heteroatoms. The van der Waals surface area contributed by atoms with E-state index in [0.717, 1.165) is 5.92 Å². The molecule has 0 unspecified atom stereocenters. The monoisotopic (exact) mass is 183 g/mol. The smallest absolute Gasteiger partial charge is 0.0583 e. The summed E-state index contributed by atoms with van der Waals surface area (Å²) in [6, 6.07) is 0. The summed E-state index contributed by atoms with van der Waals surface area (Å²) in [4.78, 5) is 2.58. The zero-order valence-corrected chi connectivity index (χ0v) is 9.05. The van der Waals surface area contributed by atoms with E-state index in [0.29, 0.717) is 11.5 Å². The Morgan fingerprint density at radius 2 is 2.00 bits per heavy atom. The van der Waals surface area contributed by atoms with Gasteiger partial charge in [-0.15, -0.1) is 0 Å². The van der Waals surface area contributed by atoms with Crippen LogP contribution in [-0.4, -0.2) is 37.7 Å². The van der Waals surface area contributed by atoms with Gasteiger partial charge in [0.1, 0.15) is 0 Å². The van der Waals surface area contributed by atoms with Crippen LogP contribution in [0, 0.1) is 11.3 Å². The maximum atomic E-state index is 5.32. The number of hydrogen-bond donors (Lipinski definition) is 0. The lowest BCUT2D eigenvalue weighted by atomic mass is 9.61. The summed E-state index contributed by atoms with van der Waals surface area (Å²) >= 11 is 0. The van der Waals surface area contributed by atoms with Gasteiger partial charge in [-0.05, 0) is 18.8 Å². The number of methoxy groups -OCH3 is 1. The van der Waals surface area contributed by atoms with Crippen molar-refractivity contribution in [1.29, 1.82) is 0 Å². The van der Waals surface area contributed by atoms with Gasteiger partial charge >= 0.3 is 0 Å². The first-order valence-electron chi connectivity index (χ1n) is 5.39. The first-order chi connectivity index (χ1) is 6.13. The van der Waals surface area contributed by atoms with Gasteiger partial charge in [0.05, 0.1) is 6.10 Å². The maximum Gasteiger partial charge on any atom is 0.0583 e. The van der Waals surface area contributed by atoms with Crippen LogP contribution in [0.3, 0.4) is 0 Å². The molecule has 0 aromatic carbocycles. The summed E-state index contributed by atoms with van der Waals surface area (Å²) in [5.74, 6) is 0.815. The molecule has 0 amide bonds. The van der Waals surface area contributed by atoms with Gasteiger partial charge < -0.3 is 9.64 Å². The molecule has 1 heterocycles. The van der Waals surface area contributed by atoms with Gasteiger partial charge in [-0.3, -0.25) is 0 Å². The van der Waals surface area contributed by atoms with Crippen LogP contribution in [0.4, 0.5) is 0 Å². The van der Waals surface area contributed by atoms with Gasteiger partial charge in [-0.2, -0.15) is 0 Å². The minimum Gasteiger partial charge on any atom is -0.381 e. The molecule has 0 aromatic rings. The molecule has 1 saturated carbocycles. The minimum absolute atomic E-state index is 0.571. The quantitative estimate of drug-likeness (QED) is 0.661. The highest BCUT2D eigenvalue weighted by Crippen LogP contribution is 2.49. The molecule has 1 spiro atoms. The van der Waals surface area contributed by atoms with Crippen molar-refractivity contribution in [3.63, 3.8) is 0 Å². The minimum atomic E-state index is 0.571. The fourth-order valence-electron chi connectivity index (χ4n) is 2.88. The molecule has 1 aliphatic heterocycles. The molecule has 1 saturated heterocycles. The van der Waals surface area contributed by atoms with Crippen LogP contribution in [0.25, 0.3) is 0 Å². The molecule has 13 heavy (non-hydrogen) atoms. The van der Waals surface area contributed by atoms with Crippen LogP contribution in [-0.2, 0) is 4.74 Å². The molecule has 2 nitrogen and oxygen atoms in total. The Morgan fingerprint density at radius 3 is 2.46 bits per heavy atom. The number of rotatable bonds is 3. The summed E-state index contributed by atoms with van der Waals surface area (Å²) in [6.07, 6.45) is 3.18. The second kappa shape index (κ2) is 3.25. The first kappa shape index (κ1) is 9.47. The van der Waals surface area contributed by atoms with Crippen molar-refractivity contribution in [2.75, 3.05) is 26.7 Å². The average molecular weight is 183 g/mol. The Balaban J connectivity index is 1.68. The molecule has 2 fully saturated rings. The van der Waals surface area contributed by atoms with Gasteiger partial charge in [0.25, 0.3) is 0 Å². The second-order valence-corrected chi connectivity index (χ2v) is 5.33. The van der Waals surface area contributed by atoms with Crippen molar-refractivity contribution in [3.05, 3.63) is 0 Å². The highest BCUT2D eigenvalue weighted by atomic mass is 16.5. The van der Waals surface area contributed by atoms with Crippen molar-refractivity contribution in [2.24, 2.45) is 11.3 Å². The third kappa shape index (κ3) is 1.75. The lowest BCUT2D eigenvalue weighted by Gasteiger charge is -2.59. The number of likely N-dealkylation sites (tertiary alicyclic amines) is 1. The van der Waals surface area contributed by atoms with Crippen molar-refractivity contribution >= 4 is 0 Å². The molecule has 2 aliphatic rings. The van der Waals surface area contributed by atoms with Crippen LogP contribution in [0.15, 0.2) is 0 Å². The lowest BCUT2D eigenvalue weighted by molar-refractivity contribution is -0.142. The van der Waals surface area contributed by atoms with E-state index >= 15 is 0 Å². The predicted octanol–water partition coefficient (Wildman–Crippen LogP) is 1.75. The van der Waals surface area contributed by atoms with Gasteiger partial charge in [0.2, 0.25) is 0 Å². The zero-order valence-electron chi connectivity index (χ0n) is 9.05. The summed E-state index contributed by atoms with van der Waals surface area (Å²) in [5, 5.41) is 0. The van der Waals surface area contributed by atoms with Gasteiger partial charge in [0.15, 0.2) is 0 Å². The van der Waals surface area contributed by atoms with Crippen LogP contribution in [0.5, 0.6) is 0 Å². The average Bonchev–Trinajstić information content (AvgIpc) is 1.90. The fourth-order valence-corrected chi connectivity index (χ4v) is 2.88. The van der Waals surface area contributed by atoms with Crippen LogP contribution >= 0.6 is 0 Å². The van der Waals surface area contributed by atoms with E-state index in [2.05, 4.69) is 18.7 Å². The van der Waals surface area contributed by atoms with Crippen LogP contribution < -0.4 is 0 Å². The van der Waals surface area contributed by atoms with Gasteiger partial charge in [-0.1, -0.05) is 13.8 Å². The molecule has 0 N–H and O–H groups in total. The van der Waals surface area contributed by atoms with E-state index in [1.165, 1.54) is 32.5 Å². The largest absolute Gasteiger partial charge is 0.381 e. The molecule has 0 aromatic heterocycles. The van der Waals surface area contributed by atoms with E-state index in [9.17, 15) is 0 Å². The predicted molar refractivity (Wildman–Crippen MR) is 53.7 cm³/mol. The van der Waals surface area contributed by atoms with E-state index in [4.69, 9.17) is 4.74 Å². The Labute approximate surface area is 81.3 Å². The van der Waals surface area contributed by atoms with Crippen molar-refractivity contribution < 1.29 is 4.74 Å². The highest BCUT2D eigenvalue weighted by Gasteiger charge is 2.52. The fraction of sp³-hybridized carbons (Fsp3) is 1.00. The standard InChI is InChI=1S/C11H21NO/c1-9(2)6-12-7-11(8-12)4-10(5-11)13-3/h9-10H,4-8H2,1-3H3. The third-order valence-electron chi connectivity index (χ3n) is 3.40. The van der Waals surface area contributed by atoms with Gasteiger partial charge in [0, 0.05) is 32.2 Å². The summed E-state index contributed by atoms with van der Waals surface area (Å²) in [5.41, 5.74) is 0.676. The van der Waals surface area contributed by atoms with E-state index in [1.807, 2.05) is 7.11 Å². The number of ether oxygens (including phenoxy) is 1.